The highest BCUT2D eigenvalue weighted by molar-refractivity contribution is 14.0. The Bertz CT molecular complexity index is 915. The first-order valence-corrected chi connectivity index (χ1v) is 9.20. The molecule has 6 nitrogen and oxygen atoms in total. The molecular formula is C21H25IN4O2. The average Bonchev–Trinajstić information content (AvgIpc) is 3.12. The summed E-state index contributed by atoms with van der Waals surface area (Å²) < 4.78 is 5.87. The summed E-state index contributed by atoms with van der Waals surface area (Å²) in [5.74, 6) is 2.09. The van der Waals surface area contributed by atoms with Crippen LogP contribution >= 0.6 is 24.0 Å². The molecule has 0 spiro atoms. The standard InChI is InChI=1S/C21H24N4O2.HI/c1-22-21(23-15-17-14-16-6-2-5-9-20(16)27-17)25-12-10-24(11-13-25)18-7-3-4-8-19(18)26;/h2-9,14,26H,10-13,15H2,1H3,(H,22,23);1H. The van der Waals surface area contributed by atoms with Crippen molar-refractivity contribution in [1.82, 2.24) is 10.2 Å². The van der Waals surface area contributed by atoms with Gasteiger partial charge in [0.05, 0.1) is 12.2 Å². The molecule has 0 amide bonds. The molecule has 28 heavy (non-hydrogen) atoms. The van der Waals surface area contributed by atoms with Crippen molar-refractivity contribution < 1.29 is 9.52 Å². The van der Waals surface area contributed by atoms with Crippen LogP contribution in [0, 0.1) is 0 Å². The number of guanidine groups is 1. The van der Waals surface area contributed by atoms with Crippen molar-refractivity contribution in [3.63, 3.8) is 0 Å². The van der Waals surface area contributed by atoms with Crippen LogP contribution in [0.1, 0.15) is 5.76 Å². The van der Waals surface area contributed by atoms with Crippen molar-refractivity contribution >= 4 is 46.6 Å². The van der Waals surface area contributed by atoms with E-state index in [0.717, 1.165) is 54.6 Å². The molecule has 1 aliphatic heterocycles. The Kier molecular flexibility index (Phi) is 6.66. The Morgan fingerprint density at radius 3 is 2.50 bits per heavy atom. The lowest BCUT2D eigenvalue weighted by Gasteiger charge is -2.37. The predicted octanol–water partition coefficient (Wildman–Crippen LogP) is 3.65. The lowest BCUT2D eigenvalue weighted by molar-refractivity contribution is 0.367. The third kappa shape index (κ3) is 4.35. The first kappa shape index (κ1) is 20.3. The number of benzene rings is 2. The first-order chi connectivity index (χ1) is 13.2. The maximum atomic E-state index is 10.1. The summed E-state index contributed by atoms with van der Waals surface area (Å²) in [6.45, 7) is 3.95. The molecule has 0 atom stereocenters. The van der Waals surface area contributed by atoms with Crippen LogP contribution in [0.2, 0.25) is 0 Å². The molecule has 4 rings (SSSR count). The highest BCUT2D eigenvalue weighted by Crippen LogP contribution is 2.27. The molecule has 1 saturated heterocycles. The molecule has 0 bridgehead atoms. The zero-order chi connectivity index (χ0) is 18.6. The van der Waals surface area contributed by atoms with Crippen molar-refractivity contribution in [3.05, 3.63) is 60.4 Å². The maximum absolute atomic E-state index is 10.1. The normalized spacial score (nSPS) is 14.8. The number of nitrogens with one attached hydrogen (secondary N) is 1. The number of anilines is 1. The van der Waals surface area contributed by atoms with E-state index in [1.54, 1.807) is 13.1 Å². The highest BCUT2D eigenvalue weighted by Gasteiger charge is 2.21. The van der Waals surface area contributed by atoms with Gasteiger partial charge in [0.15, 0.2) is 5.96 Å². The van der Waals surface area contributed by atoms with E-state index < -0.39 is 0 Å². The number of phenols is 1. The van der Waals surface area contributed by atoms with E-state index in [-0.39, 0.29) is 24.0 Å². The van der Waals surface area contributed by atoms with Crippen LogP contribution < -0.4 is 10.2 Å². The zero-order valence-corrected chi connectivity index (χ0v) is 18.2. The minimum atomic E-state index is 0. The van der Waals surface area contributed by atoms with Gasteiger partial charge in [-0.15, -0.1) is 24.0 Å². The molecule has 0 aliphatic carbocycles. The monoisotopic (exact) mass is 492 g/mol. The number of halogens is 1. The van der Waals surface area contributed by atoms with E-state index in [9.17, 15) is 5.11 Å². The van der Waals surface area contributed by atoms with Gasteiger partial charge in [-0.25, -0.2) is 0 Å². The number of furan rings is 1. The Hall–Kier alpha value is -2.42. The van der Waals surface area contributed by atoms with Gasteiger partial charge in [-0.1, -0.05) is 30.3 Å². The smallest absolute Gasteiger partial charge is 0.194 e. The van der Waals surface area contributed by atoms with Gasteiger partial charge >= 0.3 is 0 Å². The van der Waals surface area contributed by atoms with Gasteiger partial charge in [0, 0.05) is 38.6 Å². The zero-order valence-electron chi connectivity index (χ0n) is 15.8. The summed E-state index contributed by atoms with van der Waals surface area (Å²) in [5, 5.41) is 14.6. The number of hydrogen-bond acceptors (Lipinski definition) is 4. The first-order valence-electron chi connectivity index (χ1n) is 9.20. The second-order valence-electron chi connectivity index (χ2n) is 6.61. The van der Waals surface area contributed by atoms with Crippen LogP contribution in [0.5, 0.6) is 5.75 Å². The molecule has 1 fully saturated rings. The fourth-order valence-electron chi connectivity index (χ4n) is 3.51. The Morgan fingerprint density at radius 1 is 1.07 bits per heavy atom. The maximum Gasteiger partial charge on any atom is 0.194 e. The van der Waals surface area contributed by atoms with Crippen LogP contribution in [0.4, 0.5) is 5.69 Å². The highest BCUT2D eigenvalue weighted by atomic mass is 127. The molecule has 148 valence electrons. The molecule has 0 radical (unpaired) electrons. The minimum Gasteiger partial charge on any atom is -0.506 e. The van der Waals surface area contributed by atoms with Gasteiger partial charge in [0.2, 0.25) is 0 Å². The second-order valence-corrected chi connectivity index (χ2v) is 6.61. The summed E-state index contributed by atoms with van der Waals surface area (Å²) in [6, 6.07) is 17.6. The molecule has 3 aromatic rings. The topological polar surface area (TPSA) is 64.2 Å². The Balaban J connectivity index is 0.00000225. The van der Waals surface area contributed by atoms with Crippen molar-refractivity contribution in [1.29, 1.82) is 0 Å². The summed E-state index contributed by atoms with van der Waals surface area (Å²) in [7, 11) is 1.80. The summed E-state index contributed by atoms with van der Waals surface area (Å²) in [5.41, 5.74) is 1.79. The van der Waals surface area contributed by atoms with E-state index in [1.807, 2.05) is 36.4 Å². The van der Waals surface area contributed by atoms with Crippen molar-refractivity contribution in [2.24, 2.45) is 4.99 Å². The number of piperazine rings is 1. The fourth-order valence-corrected chi connectivity index (χ4v) is 3.51. The van der Waals surface area contributed by atoms with Gasteiger partial charge in [-0.3, -0.25) is 4.99 Å². The minimum absolute atomic E-state index is 0. The molecule has 1 aliphatic rings. The van der Waals surface area contributed by atoms with Gasteiger partial charge in [-0.2, -0.15) is 0 Å². The van der Waals surface area contributed by atoms with Crippen LogP contribution in [-0.4, -0.2) is 49.2 Å². The number of nitrogens with zero attached hydrogens (tertiary/aromatic N) is 3. The number of para-hydroxylation sites is 3. The number of fused-ring (bicyclic) bond motifs is 1. The third-order valence-corrected chi connectivity index (χ3v) is 4.91. The molecule has 2 N–H and O–H groups in total. The SMILES string of the molecule is CN=C(NCc1cc2ccccc2o1)N1CCN(c2ccccc2O)CC1.I. The van der Waals surface area contributed by atoms with Crippen LogP contribution in [0.3, 0.4) is 0 Å². The number of phenolic OH excluding ortho intramolecular Hbond substituents is 1. The molecule has 0 unspecified atom stereocenters. The van der Waals surface area contributed by atoms with Gasteiger partial charge in [0.1, 0.15) is 17.1 Å². The number of aromatic hydroxyl groups is 1. The van der Waals surface area contributed by atoms with Gasteiger partial charge in [-0.05, 0) is 24.3 Å². The quantitative estimate of drug-likeness (QED) is 0.332. The fraction of sp³-hybridized carbons (Fsp3) is 0.286. The number of aliphatic imine (C=N–C) groups is 1. The van der Waals surface area contributed by atoms with Crippen molar-refractivity contribution in [3.8, 4) is 5.75 Å². The van der Waals surface area contributed by atoms with E-state index in [1.165, 1.54) is 0 Å². The van der Waals surface area contributed by atoms with E-state index in [2.05, 4.69) is 32.2 Å². The molecule has 7 heteroatoms. The van der Waals surface area contributed by atoms with Crippen molar-refractivity contribution in [2.45, 2.75) is 6.54 Å². The molecule has 2 heterocycles. The van der Waals surface area contributed by atoms with Gasteiger partial charge in [0.25, 0.3) is 0 Å². The van der Waals surface area contributed by atoms with Gasteiger partial charge < -0.3 is 24.6 Å². The summed E-state index contributed by atoms with van der Waals surface area (Å²) in [6.07, 6.45) is 0. The second kappa shape index (κ2) is 9.18. The number of rotatable bonds is 3. The Labute approximate surface area is 181 Å². The van der Waals surface area contributed by atoms with E-state index in [4.69, 9.17) is 4.42 Å². The third-order valence-electron chi connectivity index (χ3n) is 4.91. The van der Waals surface area contributed by atoms with Crippen LogP contribution in [0.15, 0.2) is 64.0 Å². The summed E-state index contributed by atoms with van der Waals surface area (Å²) in [4.78, 5) is 8.86. The summed E-state index contributed by atoms with van der Waals surface area (Å²) >= 11 is 0. The van der Waals surface area contributed by atoms with E-state index in [0.29, 0.717) is 12.3 Å². The largest absolute Gasteiger partial charge is 0.506 e. The average molecular weight is 492 g/mol. The predicted molar refractivity (Wildman–Crippen MR) is 124 cm³/mol. The Morgan fingerprint density at radius 2 is 1.79 bits per heavy atom. The van der Waals surface area contributed by atoms with Crippen LogP contribution in [-0.2, 0) is 6.54 Å². The molecule has 0 saturated carbocycles. The van der Waals surface area contributed by atoms with E-state index >= 15 is 0 Å². The van der Waals surface area contributed by atoms with Crippen LogP contribution in [0.25, 0.3) is 11.0 Å². The lowest BCUT2D eigenvalue weighted by atomic mass is 10.2. The molecule has 1 aromatic heterocycles. The molecular weight excluding hydrogens is 467 g/mol. The lowest BCUT2D eigenvalue weighted by Crippen LogP contribution is -2.52. The van der Waals surface area contributed by atoms with Crippen molar-refractivity contribution in [2.75, 3.05) is 38.1 Å². The molecule has 2 aromatic carbocycles. The number of hydrogen-bond donors (Lipinski definition) is 2.